The number of nitrogens with zero attached hydrogens (tertiary/aromatic N) is 6. The minimum atomic E-state index is -1.17. The molecule has 3 aromatic heterocycles. The summed E-state index contributed by atoms with van der Waals surface area (Å²) in [7, 11) is -1.17. The molecule has 1 N–H and O–H groups in total. The average Bonchev–Trinajstić information content (AvgIpc) is 3.03. The fourth-order valence-corrected chi connectivity index (χ4v) is 4.92. The van der Waals surface area contributed by atoms with E-state index in [0.29, 0.717) is 30.5 Å². The third kappa shape index (κ3) is 4.00. The van der Waals surface area contributed by atoms with E-state index >= 15 is 0 Å². The zero-order chi connectivity index (χ0) is 21.4. The summed E-state index contributed by atoms with van der Waals surface area (Å²) in [5.41, 5.74) is 1.85. The molecule has 3 unspecified atom stereocenters. The number of aryl methyl sites for hydroxylation is 1. The summed E-state index contributed by atoms with van der Waals surface area (Å²) in [6.07, 6.45) is 4.30. The fraction of sp³-hybridized carbons (Fsp3) is 0.500. The number of piperidine rings is 1. The van der Waals surface area contributed by atoms with Gasteiger partial charge in [0.25, 0.3) is 0 Å². The van der Waals surface area contributed by atoms with Crippen LogP contribution < -0.4 is 10.2 Å². The maximum absolute atomic E-state index is 14.4. The maximum atomic E-state index is 14.4. The number of anilines is 3. The Balaban J connectivity index is 1.55. The Labute approximate surface area is 177 Å². The van der Waals surface area contributed by atoms with Crippen LogP contribution in [-0.4, -0.2) is 59.5 Å². The first-order chi connectivity index (χ1) is 14.3. The van der Waals surface area contributed by atoms with Crippen LogP contribution in [0, 0.1) is 6.92 Å². The summed E-state index contributed by atoms with van der Waals surface area (Å²) in [5.74, 6) is 2.63. The molecule has 4 rings (SSSR count). The summed E-state index contributed by atoms with van der Waals surface area (Å²) in [6.45, 7) is 6.94. The Bertz CT molecular complexity index is 1090. The summed E-state index contributed by atoms with van der Waals surface area (Å²) in [6, 6.07) is 3.99. The Morgan fingerprint density at radius 3 is 2.77 bits per heavy atom. The molecule has 0 spiro atoms. The molecule has 0 amide bonds. The molecule has 3 aromatic rings. The number of imidazole rings is 1. The van der Waals surface area contributed by atoms with Gasteiger partial charge in [0.05, 0.1) is 23.5 Å². The standard InChI is InChI=1S/C20H26FN7OS/c1-12(2)28-13(3)24-15-10-23-19(9-16(15)28)25-18-5-7-22-20(26-18)27-8-6-17(30(4)29)14(21)11-27/h5,7,9-10,12,14,17H,6,8,11H2,1-4H3,(H,22,23,25,26). The molecule has 0 bridgehead atoms. The number of fused-ring (bicyclic) bond motifs is 1. The van der Waals surface area contributed by atoms with Gasteiger partial charge in [0, 0.05) is 41.9 Å². The minimum absolute atomic E-state index is 0.144. The summed E-state index contributed by atoms with van der Waals surface area (Å²) < 4.78 is 28.2. The van der Waals surface area contributed by atoms with E-state index in [1.54, 1.807) is 29.6 Å². The minimum Gasteiger partial charge on any atom is -0.338 e. The molecule has 30 heavy (non-hydrogen) atoms. The maximum Gasteiger partial charge on any atom is 0.227 e. The second-order valence-corrected chi connectivity index (χ2v) is 9.44. The van der Waals surface area contributed by atoms with Crippen molar-refractivity contribution in [1.29, 1.82) is 0 Å². The molecular formula is C20H26FN7OS. The first-order valence-electron chi connectivity index (χ1n) is 9.99. The fourth-order valence-electron chi connectivity index (χ4n) is 3.98. The lowest BCUT2D eigenvalue weighted by Crippen LogP contribution is -2.46. The van der Waals surface area contributed by atoms with Crippen molar-refractivity contribution in [2.45, 2.75) is 44.7 Å². The monoisotopic (exact) mass is 431 g/mol. The van der Waals surface area contributed by atoms with Gasteiger partial charge in [0.15, 0.2) is 0 Å². The second kappa shape index (κ2) is 8.25. The highest BCUT2D eigenvalue weighted by molar-refractivity contribution is 7.85. The van der Waals surface area contributed by atoms with Crippen molar-refractivity contribution >= 4 is 39.4 Å². The van der Waals surface area contributed by atoms with E-state index in [2.05, 4.69) is 43.7 Å². The molecule has 160 valence electrons. The number of hydrogen-bond donors (Lipinski definition) is 1. The number of alkyl halides is 1. The number of pyridine rings is 1. The lowest BCUT2D eigenvalue weighted by atomic mass is 10.1. The van der Waals surface area contributed by atoms with Gasteiger partial charge in [-0.2, -0.15) is 4.98 Å². The zero-order valence-corrected chi connectivity index (χ0v) is 18.4. The average molecular weight is 432 g/mol. The molecule has 1 fully saturated rings. The summed E-state index contributed by atoms with van der Waals surface area (Å²) >= 11 is 0. The van der Waals surface area contributed by atoms with E-state index in [9.17, 15) is 8.60 Å². The molecule has 1 aliphatic heterocycles. The molecule has 0 aliphatic carbocycles. The van der Waals surface area contributed by atoms with Crippen LogP contribution in [0.1, 0.15) is 32.1 Å². The lowest BCUT2D eigenvalue weighted by Gasteiger charge is -2.33. The van der Waals surface area contributed by atoms with Gasteiger partial charge in [-0.05, 0) is 33.3 Å². The zero-order valence-electron chi connectivity index (χ0n) is 17.5. The number of rotatable bonds is 5. The Kier molecular flexibility index (Phi) is 5.68. The van der Waals surface area contributed by atoms with Gasteiger partial charge in [-0.25, -0.2) is 19.3 Å². The van der Waals surface area contributed by atoms with Crippen LogP contribution >= 0.6 is 0 Å². The van der Waals surface area contributed by atoms with Crippen molar-refractivity contribution in [2.75, 3.05) is 29.6 Å². The van der Waals surface area contributed by atoms with Crippen LogP contribution in [0.15, 0.2) is 24.5 Å². The van der Waals surface area contributed by atoms with E-state index in [-0.39, 0.29) is 12.6 Å². The first kappa shape index (κ1) is 20.6. The van der Waals surface area contributed by atoms with Crippen LogP contribution in [0.25, 0.3) is 11.0 Å². The van der Waals surface area contributed by atoms with E-state index in [1.165, 1.54) is 0 Å². The molecule has 3 atom stereocenters. The molecule has 0 aromatic carbocycles. The highest BCUT2D eigenvalue weighted by atomic mass is 32.2. The normalized spacial score (nSPS) is 20.7. The van der Waals surface area contributed by atoms with Gasteiger partial charge >= 0.3 is 0 Å². The van der Waals surface area contributed by atoms with Crippen molar-refractivity contribution < 1.29 is 8.60 Å². The predicted octanol–water partition coefficient (Wildman–Crippen LogP) is 3.15. The van der Waals surface area contributed by atoms with Crippen LogP contribution in [-0.2, 0) is 10.8 Å². The van der Waals surface area contributed by atoms with Crippen LogP contribution in [0.4, 0.5) is 22.0 Å². The molecule has 1 aliphatic rings. The molecule has 1 saturated heterocycles. The van der Waals surface area contributed by atoms with E-state index in [1.807, 2.05) is 13.0 Å². The molecule has 0 saturated carbocycles. The number of nitrogens with one attached hydrogen (secondary N) is 1. The van der Waals surface area contributed by atoms with Crippen LogP contribution in [0.2, 0.25) is 0 Å². The van der Waals surface area contributed by atoms with Gasteiger partial charge in [0.1, 0.15) is 29.1 Å². The molecular weight excluding hydrogens is 405 g/mol. The highest BCUT2D eigenvalue weighted by Crippen LogP contribution is 2.25. The third-order valence-corrected chi connectivity index (χ3v) is 6.74. The third-order valence-electron chi connectivity index (χ3n) is 5.36. The van der Waals surface area contributed by atoms with Crippen molar-refractivity contribution in [2.24, 2.45) is 0 Å². The van der Waals surface area contributed by atoms with Gasteiger partial charge in [0.2, 0.25) is 5.95 Å². The number of halogens is 1. The molecule has 8 nitrogen and oxygen atoms in total. The highest BCUT2D eigenvalue weighted by Gasteiger charge is 2.32. The largest absolute Gasteiger partial charge is 0.338 e. The van der Waals surface area contributed by atoms with Crippen LogP contribution in [0.3, 0.4) is 0 Å². The van der Waals surface area contributed by atoms with Crippen molar-refractivity contribution in [3.63, 3.8) is 0 Å². The van der Waals surface area contributed by atoms with Gasteiger partial charge < -0.3 is 14.8 Å². The number of hydrogen-bond acceptors (Lipinski definition) is 7. The summed E-state index contributed by atoms with van der Waals surface area (Å²) in [5, 5.41) is 2.79. The SMILES string of the molecule is Cc1nc2cnc(Nc3ccnc(N4CCC(S(C)=O)C(F)C4)n3)cc2n1C(C)C. The predicted molar refractivity (Wildman–Crippen MR) is 118 cm³/mol. The Morgan fingerprint density at radius 2 is 2.07 bits per heavy atom. The molecule has 0 radical (unpaired) electrons. The Morgan fingerprint density at radius 1 is 1.27 bits per heavy atom. The van der Waals surface area contributed by atoms with E-state index in [4.69, 9.17) is 0 Å². The van der Waals surface area contributed by atoms with Gasteiger partial charge in [-0.3, -0.25) is 4.21 Å². The number of aromatic nitrogens is 5. The lowest BCUT2D eigenvalue weighted by molar-refractivity contribution is 0.291. The van der Waals surface area contributed by atoms with E-state index in [0.717, 1.165) is 16.9 Å². The topological polar surface area (TPSA) is 88.8 Å². The Hall–Kier alpha value is -2.62. The van der Waals surface area contributed by atoms with Crippen molar-refractivity contribution in [3.05, 3.63) is 30.4 Å². The summed E-state index contributed by atoms with van der Waals surface area (Å²) in [4.78, 5) is 19.6. The smallest absolute Gasteiger partial charge is 0.227 e. The van der Waals surface area contributed by atoms with E-state index < -0.39 is 22.2 Å². The molecule has 10 heteroatoms. The van der Waals surface area contributed by atoms with Crippen molar-refractivity contribution in [1.82, 2.24) is 24.5 Å². The van der Waals surface area contributed by atoms with Gasteiger partial charge in [-0.15, -0.1) is 0 Å². The van der Waals surface area contributed by atoms with Crippen LogP contribution in [0.5, 0.6) is 0 Å². The quantitative estimate of drug-likeness (QED) is 0.664. The molecule has 4 heterocycles. The second-order valence-electron chi connectivity index (χ2n) is 7.84. The van der Waals surface area contributed by atoms with Crippen molar-refractivity contribution in [3.8, 4) is 0 Å². The first-order valence-corrected chi connectivity index (χ1v) is 11.6. The van der Waals surface area contributed by atoms with Gasteiger partial charge in [-0.1, -0.05) is 0 Å².